The standard InChI is InChI=1S/C12H22N2O4S/c1-9(19-2)7-13-12(17)14-5-3-10(4-6-14)18-8-11(15)16/h9-10H,3-8H2,1-2H3,(H,13,17)(H,15,16). The van der Waals surface area contributed by atoms with Gasteiger partial charge in [0.25, 0.3) is 0 Å². The molecule has 0 radical (unpaired) electrons. The number of amides is 2. The molecule has 1 atom stereocenters. The highest BCUT2D eigenvalue weighted by Gasteiger charge is 2.23. The Labute approximate surface area is 117 Å². The number of nitrogens with one attached hydrogen (secondary N) is 1. The molecule has 0 aromatic rings. The van der Waals surface area contributed by atoms with E-state index in [2.05, 4.69) is 12.2 Å². The lowest BCUT2D eigenvalue weighted by Gasteiger charge is -2.31. The molecular formula is C12H22N2O4S. The topological polar surface area (TPSA) is 78.9 Å². The number of nitrogens with zero attached hydrogens (tertiary/aromatic N) is 1. The normalized spacial score (nSPS) is 18.1. The molecule has 6 nitrogen and oxygen atoms in total. The highest BCUT2D eigenvalue weighted by molar-refractivity contribution is 7.99. The predicted molar refractivity (Wildman–Crippen MR) is 74.6 cm³/mol. The Kier molecular flexibility index (Phi) is 7.01. The molecule has 110 valence electrons. The van der Waals surface area contributed by atoms with Gasteiger partial charge in [0.15, 0.2) is 0 Å². The Bertz CT molecular complexity index is 306. The molecule has 7 heteroatoms. The first-order valence-corrected chi connectivity index (χ1v) is 7.70. The van der Waals surface area contributed by atoms with Crippen LogP contribution in [0.2, 0.25) is 0 Å². The minimum atomic E-state index is -0.953. The van der Waals surface area contributed by atoms with Gasteiger partial charge in [-0.15, -0.1) is 0 Å². The van der Waals surface area contributed by atoms with Crippen molar-refractivity contribution in [3.63, 3.8) is 0 Å². The number of carboxylic acids is 1. The average Bonchev–Trinajstić information content (AvgIpc) is 2.42. The van der Waals surface area contributed by atoms with E-state index in [0.29, 0.717) is 37.7 Å². The minimum absolute atomic E-state index is 0.0439. The number of carboxylic acid groups (broad SMARTS) is 1. The number of piperidine rings is 1. The number of thioether (sulfide) groups is 1. The summed E-state index contributed by atoms with van der Waals surface area (Å²) in [5.41, 5.74) is 0. The summed E-state index contributed by atoms with van der Waals surface area (Å²) in [5, 5.41) is 11.8. The molecule has 1 heterocycles. The maximum absolute atomic E-state index is 11.9. The number of hydrogen-bond donors (Lipinski definition) is 2. The van der Waals surface area contributed by atoms with E-state index in [9.17, 15) is 9.59 Å². The molecular weight excluding hydrogens is 268 g/mol. The molecule has 1 unspecified atom stereocenters. The van der Waals surface area contributed by atoms with Crippen molar-refractivity contribution in [2.45, 2.75) is 31.1 Å². The lowest BCUT2D eigenvalue weighted by molar-refractivity contribution is -0.145. The minimum Gasteiger partial charge on any atom is -0.480 e. The zero-order valence-corrected chi connectivity index (χ0v) is 12.2. The van der Waals surface area contributed by atoms with Crippen LogP contribution in [0.25, 0.3) is 0 Å². The first-order chi connectivity index (χ1) is 9.02. The van der Waals surface area contributed by atoms with E-state index in [4.69, 9.17) is 9.84 Å². The zero-order chi connectivity index (χ0) is 14.3. The van der Waals surface area contributed by atoms with Crippen LogP contribution in [0.1, 0.15) is 19.8 Å². The summed E-state index contributed by atoms with van der Waals surface area (Å²) in [6, 6.07) is -0.0439. The molecule has 1 fully saturated rings. The Hall–Kier alpha value is -0.950. The highest BCUT2D eigenvalue weighted by Crippen LogP contribution is 2.13. The summed E-state index contributed by atoms with van der Waals surface area (Å²) in [7, 11) is 0. The van der Waals surface area contributed by atoms with Gasteiger partial charge < -0.3 is 20.1 Å². The molecule has 1 aliphatic rings. The summed E-state index contributed by atoms with van der Waals surface area (Å²) in [4.78, 5) is 24.0. The van der Waals surface area contributed by atoms with Crippen molar-refractivity contribution in [3.05, 3.63) is 0 Å². The Morgan fingerprint density at radius 3 is 2.63 bits per heavy atom. The van der Waals surface area contributed by atoms with Crippen LogP contribution in [0.4, 0.5) is 4.79 Å². The van der Waals surface area contributed by atoms with Crippen LogP contribution in [0.3, 0.4) is 0 Å². The van der Waals surface area contributed by atoms with Gasteiger partial charge in [-0.25, -0.2) is 9.59 Å². The third-order valence-corrected chi connectivity index (χ3v) is 4.09. The molecule has 0 spiro atoms. The Morgan fingerprint density at radius 1 is 1.47 bits per heavy atom. The number of aliphatic carboxylic acids is 1. The SMILES string of the molecule is CSC(C)CNC(=O)N1CCC(OCC(=O)O)CC1. The number of likely N-dealkylation sites (tertiary alicyclic amines) is 1. The van der Waals surface area contributed by atoms with E-state index in [0.717, 1.165) is 0 Å². The van der Waals surface area contributed by atoms with Gasteiger partial charge in [-0.3, -0.25) is 0 Å². The second-order valence-corrected chi connectivity index (χ2v) is 5.90. The van der Waals surface area contributed by atoms with Crippen LogP contribution in [0, 0.1) is 0 Å². The van der Waals surface area contributed by atoms with E-state index >= 15 is 0 Å². The number of hydrogen-bond acceptors (Lipinski definition) is 4. The van der Waals surface area contributed by atoms with Gasteiger partial charge in [-0.2, -0.15) is 11.8 Å². The van der Waals surface area contributed by atoms with Gasteiger partial charge in [0.1, 0.15) is 6.61 Å². The molecule has 2 amide bonds. The van der Waals surface area contributed by atoms with Crippen molar-refractivity contribution in [1.82, 2.24) is 10.2 Å². The van der Waals surface area contributed by atoms with Crippen molar-refractivity contribution in [1.29, 1.82) is 0 Å². The molecule has 0 aliphatic carbocycles. The molecule has 0 saturated carbocycles. The summed E-state index contributed by atoms with van der Waals surface area (Å²) in [6.45, 7) is 3.70. The van der Waals surface area contributed by atoms with Crippen molar-refractivity contribution < 1.29 is 19.4 Å². The molecule has 1 rings (SSSR count). The van der Waals surface area contributed by atoms with E-state index < -0.39 is 5.97 Å². The van der Waals surface area contributed by atoms with Crippen LogP contribution >= 0.6 is 11.8 Å². The first-order valence-electron chi connectivity index (χ1n) is 6.42. The fraction of sp³-hybridized carbons (Fsp3) is 0.833. The molecule has 1 saturated heterocycles. The summed E-state index contributed by atoms with van der Waals surface area (Å²) < 4.78 is 5.23. The number of ether oxygens (including phenoxy) is 1. The summed E-state index contributed by atoms with van der Waals surface area (Å²) in [6.07, 6.45) is 3.35. The Balaban J connectivity index is 2.21. The maximum atomic E-state index is 11.9. The van der Waals surface area contributed by atoms with Crippen LogP contribution in [-0.2, 0) is 9.53 Å². The molecule has 0 bridgehead atoms. The smallest absolute Gasteiger partial charge is 0.329 e. The van der Waals surface area contributed by atoms with Crippen molar-refractivity contribution in [2.24, 2.45) is 0 Å². The molecule has 0 aromatic heterocycles. The van der Waals surface area contributed by atoms with Crippen molar-refractivity contribution in [2.75, 3.05) is 32.5 Å². The monoisotopic (exact) mass is 290 g/mol. The maximum Gasteiger partial charge on any atom is 0.329 e. The summed E-state index contributed by atoms with van der Waals surface area (Å²) in [5.74, 6) is -0.953. The van der Waals surface area contributed by atoms with Crippen molar-refractivity contribution in [3.8, 4) is 0 Å². The molecule has 19 heavy (non-hydrogen) atoms. The highest BCUT2D eigenvalue weighted by atomic mass is 32.2. The van der Waals surface area contributed by atoms with Crippen LogP contribution in [0.5, 0.6) is 0 Å². The van der Waals surface area contributed by atoms with Gasteiger partial charge >= 0.3 is 12.0 Å². The fourth-order valence-electron chi connectivity index (χ4n) is 1.84. The number of carbonyl (C=O) groups excluding carboxylic acids is 1. The number of rotatable bonds is 6. The fourth-order valence-corrected chi connectivity index (χ4v) is 2.09. The molecule has 0 aromatic carbocycles. The van der Waals surface area contributed by atoms with Gasteiger partial charge in [-0.1, -0.05) is 6.92 Å². The lowest BCUT2D eigenvalue weighted by atomic mass is 10.1. The largest absolute Gasteiger partial charge is 0.480 e. The van der Waals surface area contributed by atoms with E-state index in [1.807, 2.05) is 6.26 Å². The second kappa shape index (κ2) is 8.27. The van der Waals surface area contributed by atoms with E-state index in [-0.39, 0.29) is 18.7 Å². The summed E-state index contributed by atoms with van der Waals surface area (Å²) >= 11 is 1.71. The van der Waals surface area contributed by atoms with E-state index in [1.165, 1.54) is 0 Å². The zero-order valence-electron chi connectivity index (χ0n) is 11.4. The lowest BCUT2D eigenvalue weighted by Crippen LogP contribution is -2.47. The van der Waals surface area contributed by atoms with Gasteiger partial charge in [0.2, 0.25) is 0 Å². The van der Waals surface area contributed by atoms with E-state index in [1.54, 1.807) is 16.7 Å². The molecule has 1 aliphatic heterocycles. The van der Waals surface area contributed by atoms with Crippen molar-refractivity contribution >= 4 is 23.8 Å². The van der Waals surface area contributed by atoms with Gasteiger partial charge in [0, 0.05) is 24.9 Å². The van der Waals surface area contributed by atoms with Crippen LogP contribution in [0.15, 0.2) is 0 Å². The first kappa shape index (κ1) is 16.1. The quantitative estimate of drug-likeness (QED) is 0.763. The third-order valence-electron chi connectivity index (χ3n) is 3.11. The van der Waals surface area contributed by atoms with Crippen LogP contribution in [-0.4, -0.2) is 65.9 Å². The molecule has 2 N–H and O–H groups in total. The second-order valence-electron chi connectivity index (χ2n) is 4.62. The average molecular weight is 290 g/mol. The van der Waals surface area contributed by atoms with Crippen LogP contribution < -0.4 is 5.32 Å². The number of carbonyl (C=O) groups is 2. The predicted octanol–water partition coefficient (Wildman–Crippen LogP) is 1.01. The Morgan fingerprint density at radius 2 is 2.11 bits per heavy atom. The van der Waals surface area contributed by atoms with Gasteiger partial charge in [0.05, 0.1) is 6.10 Å². The third kappa shape index (κ3) is 6.15. The number of urea groups is 1. The van der Waals surface area contributed by atoms with Gasteiger partial charge in [-0.05, 0) is 19.1 Å².